The van der Waals surface area contributed by atoms with E-state index in [0.717, 1.165) is 36.8 Å². The van der Waals surface area contributed by atoms with E-state index in [2.05, 4.69) is 49.7 Å². The Morgan fingerprint density at radius 3 is 2.61 bits per heavy atom. The summed E-state index contributed by atoms with van der Waals surface area (Å²) in [6, 6.07) is 3.32. The van der Waals surface area contributed by atoms with Crippen molar-refractivity contribution in [2.24, 2.45) is 10.8 Å². The predicted molar refractivity (Wildman–Crippen MR) is 97.9 cm³/mol. The van der Waals surface area contributed by atoms with E-state index < -0.39 is 5.60 Å². The second kappa shape index (κ2) is 6.33. The molecule has 1 aliphatic rings. The Bertz CT molecular complexity index is 622. The van der Waals surface area contributed by atoms with Crippen LogP contribution in [-0.2, 0) is 12.0 Å². The molecule has 0 saturated heterocycles. The van der Waals surface area contributed by atoms with Gasteiger partial charge < -0.3 is 5.11 Å². The minimum absolute atomic E-state index is 0.299. The van der Waals surface area contributed by atoms with Gasteiger partial charge in [-0.3, -0.25) is 0 Å². The van der Waals surface area contributed by atoms with E-state index >= 15 is 0 Å². The normalized spacial score (nSPS) is 25.6. The van der Waals surface area contributed by atoms with Crippen LogP contribution in [0.15, 0.2) is 28.8 Å². The Morgan fingerprint density at radius 2 is 2.04 bits per heavy atom. The third-order valence-electron chi connectivity index (χ3n) is 5.91. The molecule has 3 heteroatoms. The molecule has 0 aliphatic heterocycles. The van der Waals surface area contributed by atoms with Gasteiger partial charge in [0.05, 0.1) is 4.47 Å². The van der Waals surface area contributed by atoms with E-state index in [0.29, 0.717) is 4.47 Å². The first-order valence-electron chi connectivity index (χ1n) is 8.45. The van der Waals surface area contributed by atoms with Crippen LogP contribution >= 0.6 is 15.9 Å². The van der Waals surface area contributed by atoms with Crippen LogP contribution < -0.4 is 0 Å². The molecule has 0 saturated carbocycles. The van der Waals surface area contributed by atoms with Gasteiger partial charge in [0.25, 0.3) is 0 Å². The summed E-state index contributed by atoms with van der Waals surface area (Å²) in [6.45, 7) is 10.5. The Kier molecular flexibility index (Phi) is 5.13. The average molecular weight is 383 g/mol. The maximum atomic E-state index is 14.2. The fraction of sp³-hybridized carbons (Fsp3) is 0.600. The zero-order valence-corrected chi connectivity index (χ0v) is 16.4. The van der Waals surface area contributed by atoms with E-state index in [1.807, 2.05) is 19.1 Å². The van der Waals surface area contributed by atoms with Crippen LogP contribution in [0.5, 0.6) is 0 Å². The highest BCUT2D eigenvalue weighted by atomic mass is 79.9. The lowest BCUT2D eigenvalue weighted by atomic mass is 9.57. The van der Waals surface area contributed by atoms with Crippen molar-refractivity contribution in [1.82, 2.24) is 0 Å². The van der Waals surface area contributed by atoms with Gasteiger partial charge >= 0.3 is 0 Å². The molecule has 1 N–H and O–H groups in total. The summed E-state index contributed by atoms with van der Waals surface area (Å²) in [5, 5.41) is 12.0. The molecule has 2 atom stereocenters. The van der Waals surface area contributed by atoms with E-state index in [9.17, 15) is 9.50 Å². The molecule has 0 bridgehead atoms. The quantitative estimate of drug-likeness (QED) is 0.607. The number of halogens is 2. The SMILES string of the molecule is C/C=C/CCC(C)(CC)C1(O)c2c(ccc(F)c2Br)CC1(C)C. The number of fused-ring (bicyclic) bond motifs is 1. The van der Waals surface area contributed by atoms with E-state index in [1.165, 1.54) is 6.07 Å². The maximum Gasteiger partial charge on any atom is 0.137 e. The Labute approximate surface area is 148 Å². The van der Waals surface area contributed by atoms with Gasteiger partial charge in [0, 0.05) is 16.4 Å². The van der Waals surface area contributed by atoms with Gasteiger partial charge in [-0.15, -0.1) is 0 Å². The summed E-state index contributed by atoms with van der Waals surface area (Å²) in [5.41, 5.74) is 0.0834. The Morgan fingerprint density at radius 1 is 1.39 bits per heavy atom. The second-order valence-corrected chi connectivity index (χ2v) is 8.48. The van der Waals surface area contributed by atoms with E-state index in [1.54, 1.807) is 0 Å². The van der Waals surface area contributed by atoms with Crippen LogP contribution in [0, 0.1) is 16.6 Å². The van der Waals surface area contributed by atoms with Crippen LogP contribution in [0.1, 0.15) is 65.0 Å². The second-order valence-electron chi connectivity index (χ2n) is 7.69. The van der Waals surface area contributed by atoms with Crippen molar-refractivity contribution < 1.29 is 9.50 Å². The van der Waals surface area contributed by atoms with E-state index in [4.69, 9.17) is 0 Å². The molecule has 1 aromatic carbocycles. The molecule has 0 fully saturated rings. The highest BCUT2D eigenvalue weighted by molar-refractivity contribution is 9.10. The third kappa shape index (κ3) is 2.70. The fourth-order valence-corrected chi connectivity index (χ4v) is 5.05. The van der Waals surface area contributed by atoms with Crippen molar-refractivity contribution in [2.75, 3.05) is 0 Å². The molecule has 128 valence electrons. The van der Waals surface area contributed by atoms with Crippen molar-refractivity contribution in [1.29, 1.82) is 0 Å². The van der Waals surface area contributed by atoms with Gasteiger partial charge in [0.15, 0.2) is 0 Å². The maximum absolute atomic E-state index is 14.2. The largest absolute Gasteiger partial charge is 0.384 e. The van der Waals surface area contributed by atoms with Gasteiger partial charge in [-0.2, -0.15) is 0 Å². The molecular formula is C20H28BrFO. The van der Waals surface area contributed by atoms with Crippen molar-refractivity contribution in [3.8, 4) is 0 Å². The summed E-state index contributed by atoms with van der Waals surface area (Å²) in [5.74, 6) is -0.299. The number of rotatable bonds is 5. The number of aliphatic hydroxyl groups is 1. The Hall–Kier alpha value is -0.670. The van der Waals surface area contributed by atoms with Gasteiger partial charge in [0.2, 0.25) is 0 Å². The zero-order chi connectivity index (χ0) is 17.5. The fourth-order valence-electron chi connectivity index (χ4n) is 4.37. The number of allylic oxidation sites excluding steroid dienone is 2. The summed E-state index contributed by atoms with van der Waals surface area (Å²) < 4.78 is 14.6. The van der Waals surface area contributed by atoms with Gasteiger partial charge in [-0.25, -0.2) is 4.39 Å². The predicted octanol–water partition coefficient (Wildman–Crippen LogP) is 6.13. The molecule has 2 unspecified atom stereocenters. The molecule has 1 aromatic rings. The van der Waals surface area contributed by atoms with Crippen molar-refractivity contribution >= 4 is 15.9 Å². The average Bonchev–Trinajstić information content (AvgIpc) is 2.71. The van der Waals surface area contributed by atoms with Gasteiger partial charge in [0.1, 0.15) is 11.4 Å². The van der Waals surface area contributed by atoms with Crippen molar-refractivity contribution in [2.45, 2.75) is 65.9 Å². The monoisotopic (exact) mass is 382 g/mol. The molecule has 0 aromatic heterocycles. The first-order chi connectivity index (χ1) is 10.6. The summed E-state index contributed by atoms with van der Waals surface area (Å²) in [7, 11) is 0. The zero-order valence-electron chi connectivity index (χ0n) is 14.8. The van der Waals surface area contributed by atoms with Crippen LogP contribution in [-0.4, -0.2) is 5.11 Å². The van der Waals surface area contributed by atoms with Crippen LogP contribution in [0.3, 0.4) is 0 Å². The van der Waals surface area contributed by atoms with Crippen LogP contribution in [0.4, 0.5) is 4.39 Å². The standard InChI is InChI=1S/C20H28BrFO/c1-6-8-9-12-19(5,7-2)20(23)16-14(13-18(20,3)4)10-11-15(22)17(16)21/h6,8,10-11,23H,7,9,12-13H2,1-5H3/b8-6+. The van der Waals surface area contributed by atoms with Crippen LogP contribution in [0.2, 0.25) is 0 Å². The summed E-state index contributed by atoms with van der Waals surface area (Å²) in [4.78, 5) is 0. The molecular weight excluding hydrogens is 355 g/mol. The third-order valence-corrected chi connectivity index (χ3v) is 6.68. The molecule has 23 heavy (non-hydrogen) atoms. The van der Waals surface area contributed by atoms with Gasteiger partial charge in [-0.1, -0.05) is 45.9 Å². The first kappa shape index (κ1) is 18.7. The minimum atomic E-state index is -1.06. The highest BCUT2D eigenvalue weighted by Gasteiger charge is 2.61. The number of benzene rings is 1. The van der Waals surface area contributed by atoms with Crippen LogP contribution in [0.25, 0.3) is 0 Å². The number of hydrogen-bond donors (Lipinski definition) is 1. The molecule has 1 aliphatic carbocycles. The van der Waals surface area contributed by atoms with Gasteiger partial charge in [-0.05, 0) is 60.2 Å². The summed E-state index contributed by atoms with van der Waals surface area (Å²) >= 11 is 3.41. The lowest BCUT2D eigenvalue weighted by Gasteiger charge is -2.51. The molecule has 0 spiro atoms. The lowest BCUT2D eigenvalue weighted by Crippen LogP contribution is -2.51. The Balaban J connectivity index is 2.64. The highest BCUT2D eigenvalue weighted by Crippen LogP contribution is 2.62. The molecule has 0 amide bonds. The van der Waals surface area contributed by atoms with E-state index in [-0.39, 0.29) is 16.6 Å². The lowest BCUT2D eigenvalue weighted by molar-refractivity contribution is -0.160. The molecule has 1 nitrogen and oxygen atoms in total. The van der Waals surface area contributed by atoms with Crippen molar-refractivity contribution in [3.63, 3.8) is 0 Å². The molecule has 0 heterocycles. The first-order valence-corrected chi connectivity index (χ1v) is 9.25. The molecule has 2 rings (SSSR count). The smallest absolute Gasteiger partial charge is 0.137 e. The molecule has 0 radical (unpaired) electrons. The topological polar surface area (TPSA) is 20.2 Å². The minimum Gasteiger partial charge on any atom is -0.384 e. The van der Waals surface area contributed by atoms with Crippen molar-refractivity contribution in [3.05, 3.63) is 45.7 Å². The summed E-state index contributed by atoms with van der Waals surface area (Å²) in [6.07, 6.45) is 7.58. The number of hydrogen-bond acceptors (Lipinski definition) is 1.